The summed E-state index contributed by atoms with van der Waals surface area (Å²) in [5.74, 6) is 0.281. The van der Waals surface area contributed by atoms with Gasteiger partial charge in [0.05, 0.1) is 20.6 Å². The van der Waals surface area contributed by atoms with Crippen LogP contribution in [0.15, 0.2) is 60.7 Å². The fourth-order valence-electron chi connectivity index (χ4n) is 4.83. The second-order valence-corrected chi connectivity index (χ2v) is 10.6. The molecule has 2 aliphatic rings. The number of esters is 2. The number of hydrogen-bond acceptors (Lipinski definition) is 6. The highest BCUT2D eigenvalue weighted by Crippen LogP contribution is 2.58. The predicted molar refractivity (Wildman–Crippen MR) is 147 cm³/mol. The molecule has 6 rings (SSSR count). The van der Waals surface area contributed by atoms with Crippen LogP contribution in [-0.2, 0) is 15.1 Å². The fraction of sp³-hybridized carbons (Fsp3) is 0.103. The lowest BCUT2D eigenvalue weighted by Gasteiger charge is -2.37. The highest BCUT2D eigenvalue weighted by Gasteiger charge is 2.54. The molecule has 0 saturated carbocycles. The zero-order chi connectivity index (χ0) is 27.6. The third kappa shape index (κ3) is 4.10. The van der Waals surface area contributed by atoms with Crippen LogP contribution in [0.4, 0.5) is 0 Å². The Morgan fingerprint density at radius 3 is 2.15 bits per heavy atom. The second kappa shape index (κ2) is 9.35. The largest absolute Gasteiger partial charge is 0.456 e. The molecule has 1 atom stereocenters. The molecule has 2 aliphatic heterocycles. The Balaban J connectivity index is 1.50. The number of halogens is 4. The molecule has 0 amide bonds. The van der Waals surface area contributed by atoms with Gasteiger partial charge in [-0.05, 0) is 36.8 Å². The Morgan fingerprint density at radius 2 is 1.46 bits per heavy atom. The molecule has 1 spiro atoms. The molecule has 10 heteroatoms. The summed E-state index contributed by atoms with van der Waals surface area (Å²) in [5.41, 5.74) is 1.61. The average Bonchev–Trinajstić information content (AvgIpc) is 3.17. The minimum Gasteiger partial charge on any atom is -0.456 e. The van der Waals surface area contributed by atoms with E-state index in [9.17, 15) is 9.59 Å². The zero-order valence-electron chi connectivity index (χ0n) is 20.2. The molecule has 0 aliphatic carbocycles. The van der Waals surface area contributed by atoms with Crippen LogP contribution in [0.1, 0.15) is 39.5 Å². The van der Waals surface area contributed by atoms with Gasteiger partial charge in [-0.2, -0.15) is 0 Å². The Bertz CT molecular complexity index is 1710. The van der Waals surface area contributed by atoms with Crippen LogP contribution in [0.25, 0.3) is 0 Å². The van der Waals surface area contributed by atoms with E-state index in [2.05, 4.69) is 0 Å². The average molecular weight is 602 g/mol. The van der Waals surface area contributed by atoms with E-state index in [1.54, 1.807) is 36.4 Å². The quantitative estimate of drug-likeness (QED) is 0.172. The van der Waals surface area contributed by atoms with Crippen LogP contribution >= 0.6 is 46.4 Å². The molecule has 0 bridgehead atoms. The lowest BCUT2D eigenvalue weighted by Crippen LogP contribution is -2.33. The highest BCUT2D eigenvalue weighted by atomic mass is 35.5. The molecule has 1 unspecified atom stereocenters. The minimum atomic E-state index is -1.34. The van der Waals surface area contributed by atoms with E-state index in [4.69, 9.17) is 65.4 Å². The first kappa shape index (κ1) is 25.8. The summed E-state index contributed by atoms with van der Waals surface area (Å²) in [6.45, 7) is 3.09. The molecule has 0 radical (unpaired) electrons. The van der Waals surface area contributed by atoms with Crippen molar-refractivity contribution >= 4 is 58.3 Å². The van der Waals surface area contributed by atoms with E-state index in [1.165, 1.54) is 19.1 Å². The summed E-state index contributed by atoms with van der Waals surface area (Å²) < 4.78 is 23.5. The van der Waals surface area contributed by atoms with Crippen LogP contribution < -0.4 is 14.2 Å². The van der Waals surface area contributed by atoms with Crippen LogP contribution in [-0.4, -0.2) is 11.9 Å². The van der Waals surface area contributed by atoms with Crippen molar-refractivity contribution < 1.29 is 28.5 Å². The normalized spacial score (nSPS) is 16.6. The van der Waals surface area contributed by atoms with Crippen molar-refractivity contribution in [3.63, 3.8) is 0 Å². The van der Waals surface area contributed by atoms with E-state index in [0.29, 0.717) is 38.8 Å². The smallest absolute Gasteiger partial charge is 0.340 e. The SMILES string of the molecule is CC(=O)Oc1c(Cl)cc(Oc2cc3c(cc2Cl)C2(OC(=O)c4ccccc42)c2cc(Cl)c(C)cc2O3)cc1Cl. The number of aryl methyl sites for hydroxylation is 1. The van der Waals surface area contributed by atoms with Crippen molar-refractivity contribution in [2.45, 2.75) is 19.4 Å². The summed E-state index contributed by atoms with van der Waals surface area (Å²) in [5, 5.41) is 0.855. The maximum atomic E-state index is 13.1. The molecule has 0 fully saturated rings. The second-order valence-electron chi connectivity index (χ2n) is 9.01. The molecule has 0 N–H and O–H groups in total. The summed E-state index contributed by atoms with van der Waals surface area (Å²) in [7, 11) is 0. The predicted octanol–water partition coefficient (Wildman–Crippen LogP) is 8.89. The molecule has 0 aromatic heterocycles. The molecule has 196 valence electrons. The molecule has 2 heterocycles. The van der Waals surface area contributed by atoms with E-state index in [0.717, 1.165) is 5.56 Å². The van der Waals surface area contributed by atoms with E-state index < -0.39 is 17.5 Å². The van der Waals surface area contributed by atoms with Gasteiger partial charge in [-0.3, -0.25) is 4.79 Å². The van der Waals surface area contributed by atoms with Crippen molar-refractivity contribution in [2.75, 3.05) is 0 Å². The Labute approximate surface area is 242 Å². The third-order valence-corrected chi connectivity index (χ3v) is 7.75. The van der Waals surface area contributed by atoms with Gasteiger partial charge < -0.3 is 18.9 Å². The van der Waals surface area contributed by atoms with Gasteiger partial charge >= 0.3 is 11.9 Å². The highest BCUT2D eigenvalue weighted by molar-refractivity contribution is 6.37. The summed E-state index contributed by atoms with van der Waals surface area (Å²) in [6, 6.07) is 16.8. The summed E-state index contributed by atoms with van der Waals surface area (Å²) in [6.07, 6.45) is 0. The number of hydrogen-bond donors (Lipinski definition) is 0. The first-order valence-corrected chi connectivity index (χ1v) is 13.1. The van der Waals surface area contributed by atoms with Gasteiger partial charge in [-0.15, -0.1) is 0 Å². The first-order chi connectivity index (χ1) is 18.6. The number of fused-ring (bicyclic) bond motifs is 6. The number of benzene rings is 4. The molecule has 39 heavy (non-hydrogen) atoms. The molecule has 6 nitrogen and oxygen atoms in total. The zero-order valence-corrected chi connectivity index (χ0v) is 23.3. The number of rotatable bonds is 3. The van der Waals surface area contributed by atoms with Gasteiger partial charge in [0.15, 0.2) is 11.4 Å². The van der Waals surface area contributed by atoms with E-state index in [-0.39, 0.29) is 32.3 Å². The Morgan fingerprint density at radius 1 is 0.821 bits per heavy atom. The van der Waals surface area contributed by atoms with E-state index in [1.807, 2.05) is 19.1 Å². The van der Waals surface area contributed by atoms with Crippen LogP contribution in [0.2, 0.25) is 20.1 Å². The molecule has 4 aromatic rings. The van der Waals surface area contributed by atoms with Gasteiger partial charge in [-0.1, -0.05) is 64.6 Å². The van der Waals surface area contributed by atoms with Crippen LogP contribution in [0.3, 0.4) is 0 Å². The summed E-state index contributed by atoms with van der Waals surface area (Å²) >= 11 is 25.8. The van der Waals surface area contributed by atoms with Gasteiger partial charge in [0, 0.05) is 46.8 Å². The number of ether oxygens (including phenoxy) is 4. The van der Waals surface area contributed by atoms with Gasteiger partial charge in [-0.25, -0.2) is 4.79 Å². The number of carbonyl (C=O) groups is 2. The van der Waals surface area contributed by atoms with Crippen molar-refractivity contribution in [3.05, 3.63) is 109 Å². The molecule has 0 saturated heterocycles. The Kier molecular flexibility index (Phi) is 6.19. The van der Waals surface area contributed by atoms with Crippen molar-refractivity contribution in [3.8, 4) is 28.7 Å². The van der Waals surface area contributed by atoms with Crippen LogP contribution in [0.5, 0.6) is 28.7 Å². The van der Waals surface area contributed by atoms with Gasteiger partial charge in [0.25, 0.3) is 0 Å². The lowest BCUT2D eigenvalue weighted by molar-refractivity contribution is -0.131. The maximum Gasteiger partial charge on any atom is 0.340 e. The number of carbonyl (C=O) groups excluding carboxylic acids is 2. The van der Waals surface area contributed by atoms with E-state index >= 15 is 0 Å². The first-order valence-electron chi connectivity index (χ1n) is 11.6. The standard InChI is InChI=1S/C29H16Cl4O6/c1-13-7-24-18(10-20(13)30)29(17-6-4-3-5-16(17)28(35)39-29)19-11-21(31)26(12-25(19)38-24)37-15-8-22(32)27(23(33)9-15)36-14(2)34/h3-12H,1-2H3. The van der Waals surface area contributed by atoms with Gasteiger partial charge in [0.1, 0.15) is 23.0 Å². The third-order valence-electron chi connectivity index (χ3n) is 6.49. The topological polar surface area (TPSA) is 71.1 Å². The Hall–Kier alpha value is -3.42. The van der Waals surface area contributed by atoms with Crippen molar-refractivity contribution in [2.24, 2.45) is 0 Å². The van der Waals surface area contributed by atoms with Crippen molar-refractivity contribution in [1.29, 1.82) is 0 Å². The molecular formula is C29H16Cl4O6. The molecule has 4 aromatic carbocycles. The van der Waals surface area contributed by atoms with Gasteiger partial charge in [0.2, 0.25) is 0 Å². The molecular weight excluding hydrogens is 586 g/mol. The summed E-state index contributed by atoms with van der Waals surface area (Å²) in [4.78, 5) is 24.4. The fourth-order valence-corrected chi connectivity index (χ4v) is 5.74. The van der Waals surface area contributed by atoms with Crippen LogP contribution in [0, 0.1) is 6.92 Å². The lowest BCUT2D eigenvalue weighted by atomic mass is 9.77. The minimum absolute atomic E-state index is 0.0207. The monoisotopic (exact) mass is 600 g/mol. The van der Waals surface area contributed by atoms with Crippen molar-refractivity contribution in [1.82, 2.24) is 0 Å². The maximum absolute atomic E-state index is 13.1.